The molecule has 0 aromatic rings. The average molecular weight is 150 g/mol. The van der Waals surface area contributed by atoms with Crippen LogP contribution in [0.15, 0.2) is 0 Å². The lowest BCUT2D eigenvalue weighted by Gasteiger charge is -2.05. The molecule has 0 aliphatic carbocycles. The zero-order chi connectivity index (χ0) is 6.62. The Morgan fingerprint density at radius 1 is 2.00 bits per heavy atom. The van der Waals surface area contributed by atoms with Gasteiger partial charge in [-0.15, -0.1) is 6.42 Å². The molecule has 0 aliphatic rings. The van der Waals surface area contributed by atoms with E-state index in [4.69, 9.17) is 16.8 Å². The Bertz CT molecular complexity index is 146. The van der Waals surface area contributed by atoms with Crippen molar-refractivity contribution < 1.29 is 4.89 Å². The van der Waals surface area contributed by atoms with Gasteiger partial charge in [-0.2, -0.15) is 0 Å². The molecule has 0 amide bonds. The number of rotatable bonds is 2. The second-order valence-electron chi connectivity index (χ2n) is 1.16. The van der Waals surface area contributed by atoms with Gasteiger partial charge in [0.05, 0.1) is 6.54 Å². The fourth-order valence-corrected chi connectivity index (χ4v) is 0.670. The van der Waals surface area contributed by atoms with Crippen molar-refractivity contribution in [2.45, 2.75) is 0 Å². The smallest absolute Gasteiger partial charge is 0.193 e. The van der Waals surface area contributed by atoms with Gasteiger partial charge in [0.25, 0.3) is 0 Å². The van der Waals surface area contributed by atoms with Crippen LogP contribution in [0.2, 0.25) is 0 Å². The molecule has 0 spiro atoms. The molecule has 3 nitrogen and oxygen atoms in total. The fraction of sp³-hybridized carbons (Fsp3) is 0.333. The van der Waals surface area contributed by atoms with E-state index < -0.39 is 6.57 Å². The highest BCUT2D eigenvalue weighted by Gasteiger charge is 1.98. The zero-order valence-electron chi connectivity index (χ0n) is 4.16. The van der Waals surface area contributed by atoms with Gasteiger partial charge in [0.15, 0.2) is 6.57 Å². The SMILES string of the molecule is C#CCNP(N)(O)=S. The van der Waals surface area contributed by atoms with E-state index in [0.29, 0.717) is 0 Å². The van der Waals surface area contributed by atoms with Crippen LogP contribution in [0, 0.1) is 12.3 Å². The van der Waals surface area contributed by atoms with Crippen LogP contribution in [0.25, 0.3) is 0 Å². The quantitative estimate of drug-likeness (QED) is 0.363. The van der Waals surface area contributed by atoms with E-state index in [0.717, 1.165) is 0 Å². The maximum atomic E-state index is 8.65. The molecule has 1 atom stereocenters. The molecular formula is C3H7N2OPS. The Morgan fingerprint density at radius 2 is 2.50 bits per heavy atom. The summed E-state index contributed by atoms with van der Waals surface area (Å²) in [5.74, 6) is 2.23. The molecule has 0 aromatic heterocycles. The highest BCUT2D eigenvalue weighted by Crippen LogP contribution is 2.21. The highest BCUT2D eigenvalue weighted by atomic mass is 32.4. The molecule has 1 unspecified atom stereocenters. The monoisotopic (exact) mass is 150 g/mol. The number of hydrogen-bond donors (Lipinski definition) is 3. The maximum absolute atomic E-state index is 8.65. The van der Waals surface area contributed by atoms with Crippen molar-refractivity contribution in [1.29, 1.82) is 0 Å². The number of nitrogens with one attached hydrogen (secondary N) is 1. The molecule has 0 radical (unpaired) electrons. The second-order valence-corrected chi connectivity index (χ2v) is 4.39. The summed E-state index contributed by atoms with van der Waals surface area (Å²) in [6.07, 6.45) is 4.83. The van der Waals surface area contributed by atoms with Gasteiger partial charge in [0.2, 0.25) is 0 Å². The summed E-state index contributed by atoms with van der Waals surface area (Å²) in [6.45, 7) is -2.51. The number of hydrogen-bond acceptors (Lipinski definition) is 1. The van der Waals surface area contributed by atoms with Gasteiger partial charge < -0.3 is 4.89 Å². The van der Waals surface area contributed by atoms with Crippen LogP contribution in [0.3, 0.4) is 0 Å². The maximum Gasteiger partial charge on any atom is 0.193 e. The normalized spacial score (nSPS) is 16.6. The molecule has 8 heavy (non-hydrogen) atoms. The van der Waals surface area contributed by atoms with Crippen LogP contribution >= 0.6 is 6.57 Å². The van der Waals surface area contributed by atoms with Crippen LogP contribution in [-0.2, 0) is 11.8 Å². The molecule has 0 aliphatic heterocycles. The van der Waals surface area contributed by atoms with E-state index in [2.05, 4.69) is 22.8 Å². The average Bonchev–Trinajstić information content (AvgIpc) is 1.59. The predicted octanol–water partition coefficient (Wildman–Crippen LogP) is -0.615. The minimum atomic E-state index is -2.74. The van der Waals surface area contributed by atoms with Gasteiger partial charge in [-0.3, -0.25) is 5.50 Å². The third-order valence-corrected chi connectivity index (χ3v) is 1.41. The van der Waals surface area contributed by atoms with Gasteiger partial charge in [0.1, 0.15) is 0 Å². The minimum Gasteiger partial charge on any atom is -0.343 e. The van der Waals surface area contributed by atoms with Crippen molar-refractivity contribution in [3.63, 3.8) is 0 Å². The molecule has 0 saturated heterocycles. The van der Waals surface area contributed by atoms with E-state index in [-0.39, 0.29) is 6.54 Å². The number of nitrogens with two attached hydrogens (primary N) is 1. The first-order valence-corrected chi connectivity index (χ1v) is 4.68. The summed E-state index contributed by atoms with van der Waals surface area (Å²) in [7, 11) is 0. The molecule has 0 fully saturated rings. The lowest BCUT2D eigenvalue weighted by Crippen LogP contribution is -2.14. The van der Waals surface area contributed by atoms with E-state index in [1.807, 2.05) is 0 Å². The van der Waals surface area contributed by atoms with E-state index in [1.54, 1.807) is 0 Å². The van der Waals surface area contributed by atoms with E-state index in [1.165, 1.54) is 0 Å². The summed E-state index contributed by atoms with van der Waals surface area (Å²) in [5, 5.41) is 2.39. The van der Waals surface area contributed by atoms with Crippen LogP contribution in [0.4, 0.5) is 0 Å². The molecule has 0 aromatic carbocycles. The van der Waals surface area contributed by atoms with Crippen molar-refractivity contribution in [2.24, 2.45) is 5.50 Å². The van der Waals surface area contributed by atoms with Gasteiger partial charge >= 0.3 is 0 Å². The number of terminal acetylenes is 1. The van der Waals surface area contributed by atoms with Gasteiger partial charge in [0, 0.05) is 0 Å². The standard InChI is InChI=1S/C3H7N2OPS/c1-2-3-5-7(4,6)8/h1H,3H2,(H4,4,5,6,8). The molecule has 0 heterocycles. The van der Waals surface area contributed by atoms with Crippen LogP contribution in [-0.4, -0.2) is 11.4 Å². The molecule has 0 saturated carbocycles. The van der Waals surface area contributed by atoms with Crippen LogP contribution in [0.1, 0.15) is 0 Å². The van der Waals surface area contributed by atoms with Crippen molar-refractivity contribution in [3.8, 4) is 12.3 Å². The Kier molecular flexibility index (Phi) is 3.22. The van der Waals surface area contributed by atoms with Crippen molar-refractivity contribution in [3.05, 3.63) is 0 Å². The molecule has 46 valence electrons. The first-order chi connectivity index (χ1) is 3.56. The first-order valence-electron chi connectivity index (χ1n) is 1.86. The Balaban J connectivity index is 3.45. The Morgan fingerprint density at radius 3 is 2.62 bits per heavy atom. The summed E-state index contributed by atoms with van der Waals surface area (Å²) in [6, 6.07) is 0. The van der Waals surface area contributed by atoms with Crippen LogP contribution in [0.5, 0.6) is 0 Å². The lowest BCUT2D eigenvalue weighted by molar-refractivity contribution is 0.609. The lowest BCUT2D eigenvalue weighted by atomic mass is 10.7. The Hall–Kier alpha value is 0.0900. The van der Waals surface area contributed by atoms with Crippen molar-refractivity contribution >= 4 is 18.4 Å². The van der Waals surface area contributed by atoms with Crippen molar-refractivity contribution in [1.82, 2.24) is 5.09 Å². The summed E-state index contributed by atoms with van der Waals surface area (Å²) < 4.78 is 0. The third kappa shape index (κ3) is 6.09. The summed E-state index contributed by atoms with van der Waals surface area (Å²) >= 11 is 4.39. The molecule has 4 N–H and O–H groups in total. The third-order valence-electron chi connectivity index (χ3n) is 0.408. The van der Waals surface area contributed by atoms with Gasteiger partial charge in [-0.05, 0) is 11.8 Å². The molecule has 0 bridgehead atoms. The summed E-state index contributed by atoms with van der Waals surface area (Å²) in [5.41, 5.74) is 5.00. The molecule has 0 rings (SSSR count). The highest BCUT2D eigenvalue weighted by molar-refractivity contribution is 8.09. The molecular weight excluding hydrogens is 143 g/mol. The zero-order valence-corrected chi connectivity index (χ0v) is 5.88. The van der Waals surface area contributed by atoms with E-state index >= 15 is 0 Å². The first kappa shape index (κ1) is 8.09. The van der Waals surface area contributed by atoms with Crippen molar-refractivity contribution in [2.75, 3.05) is 6.54 Å². The van der Waals surface area contributed by atoms with Gasteiger partial charge in [-0.25, -0.2) is 5.09 Å². The van der Waals surface area contributed by atoms with E-state index in [9.17, 15) is 0 Å². The minimum absolute atomic E-state index is 0.226. The van der Waals surface area contributed by atoms with Gasteiger partial charge in [-0.1, -0.05) is 5.92 Å². The van der Waals surface area contributed by atoms with Crippen LogP contribution < -0.4 is 10.6 Å². The largest absolute Gasteiger partial charge is 0.343 e. The molecule has 5 heteroatoms. The Labute approximate surface area is 53.5 Å². The summed E-state index contributed by atoms with van der Waals surface area (Å²) in [4.78, 5) is 8.65. The predicted molar refractivity (Wildman–Crippen MR) is 37.5 cm³/mol. The second kappa shape index (κ2) is 3.18. The topological polar surface area (TPSA) is 58.3 Å². The fourth-order valence-electron chi connectivity index (χ4n) is 0.159.